The molecule has 4 atom stereocenters. The van der Waals surface area contributed by atoms with Crippen molar-refractivity contribution in [2.24, 2.45) is 11.8 Å². The second-order valence-corrected chi connectivity index (χ2v) is 7.00. The van der Waals surface area contributed by atoms with Gasteiger partial charge in [0, 0.05) is 18.1 Å². The van der Waals surface area contributed by atoms with Crippen molar-refractivity contribution in [2.45, 2.75) is 82.8 Å². The minimum Gasteiger partial charge on any atom is -0.314 e. The lowest BCUT2D eigenvalue weighted by atomic mass is 9.88. The molecule has 3 aliphatic rings. The summed E-state index contributed by atoms with van der Waals surface area (Å²) in [6, 6.07) is 2.35. The monoisotopic (exact) mass is 250 g/mol. The Balaban J connectivity index is 1.49. The van der Waals surface area contributed by atoms with Gasteiger partial charge in [-0.05, 0) is 57.4 Å². The molecule has 0 radical (unpaired) electrons. The first-order valence-corrected chi connectivity index (χ1v) is 8.32. The highest BCUT2D eigenvalue weighted by molar-refractivity contribution is 4.93. The molecule has 2 aliphatic carbocycles. The summed E-state index contributed by atoms with van der Waals surface area (Å²) in [5.74, 6) is 1.96. The fourth-order valence-electron chi connectivity index (χ4n) is 4.21. The molecule has 1 heterocycles. The van der Waals surface area contributed by atoms with Crippen LogP contribution in [0.4, 0.5) is 0 Å². The van der Waals surface area contributed by atoms with Crippen molar-refractivity contribution in [1.82, 2.24) is 10.6 Å². The Hall–Kier alpha value is -0.0800. The largest absolute Gasteiger partial charge is 0.314 e. The van der Waals surface area contributed by atoms with Crippen LogP contribution in [-0.4, -0.2) is 24.7 Å². The van der Waals surface area contributed by atoms with Crippen molar-refractivity contribution in [3.05, 3.63) is 0 Å². The summed E-state index contributed by atoms with van der Waals surface area (Å²) in [5.41, 5.74) is 0. The standard InChI is InChI=1S/C16H30N2/c1-12(11-13-8-9-13)18-16-7-4-5-14(16)15-6-2-3-10-17-15/h12-18H,2-11H2,1H3. The molecule has 0 aromatic carbocycles. The fraction of sp³-hybridized carbons (Fsp3) is 1.00. The van der Waals surface area contributed by atoms with Crippen LogP contribution < -0.4 is 10.6 Å². The minimum atomic E-state index is 0.742. The van der Waals surface area contributed by atoms with Gasteiger partial charge in [0.05, 0.1) is 0 Å². The summed E-state index contributed by atoms with van der Waals surface area (Å²) < 4.78 is 0. The van der Waals surface area contributed by atoms with Gasteiger partial charge in [0.15, 0.2) is 0 Å². The lowest BCUT2D eigenvalue weighted by Gasteiger charge is -2.34. The van der Waals surface area contributed by atoms with Crippen LogP contribution in [0.2, 0.25) is 0 Å². The van der Waals surface area contributed by atoms with E-state index in [-0.39, 0.29) is 0 Å². The predicted octanol–water partition coefficient (Wildman–Crippen LogP) is 3.08. The number of rotatable bonds is 5. The first kappa shape index (κ1) is 12.9. The van der Waals surface area contributed by atoms with Gasteiger partial charge in [-0.3, -0.25) is 0 Å². The third-order valence-electron chi connectivity index (χ3n) is 5.32. The van der Waals surface area contributed by atoms with Crippen molar-refractivity contribution in [1.29, 1.82) is 0 Å². The second-order valence-electron chi connectivity index (χ2n) is 7.00. The van der Waals surface area contributed by atoms with Crippen LogP contribution in [0.3, 0.4) is 0 Å². The van der Waals surface area contributed by atoms with Crippen LogP contribution in [0.5, 0.6) is 0 Å². The van der Waals surface area contributed by atoms with E-state index in [1.165, 1.54) is 64.3 Å². The molecule has 4 unspecified atom stereocenters. The zero-order chi connectivity index (χ0) is 12.4. The Morgan fingerprint density at radius 1 is 1.06 bits per heavy atom. The molecule has 2 N–H and O–H groups in total. The molecule has 0 aromatic rings. The highest BCUT2D eigenvalue weighted by atomic mass is 15.0. The van der Waals surface area contributed by atoms with E-state index in [9.17, 15) is 0 Å². The van der Waals surface area contributed by atoms with E-state index >= 15 is 0 Å². The second kappa shape index (κ2) is 5.92. The quantitative estimate of drug-likeness (QED) is 0.783. The molecule has 104 valence electrons. The van der Waals surface area contributed by atoms with Gasteiger partial charge in [-0.15, -0.1) is 0 Å². The average Bonchev–Trinajstić information content (AvgIpc) is 3.07. The fourth-order valence-corrected chi connectivity index (χ4v) is 4.21. The van der Waals surface area contributed by atoms with E-state index in [0.29, 0.717) is 0 Å². The van der Waals surface area contributed by atoms with Gasteiger partial charge in [0.2, 0.25) is 0 Å². The van der Waals surface area contributed by atoms with Crippen LogP contribution >= 0.6 is 0 Å². The third-order valence-corrected chi connectivity index (χ3v) is 5.32. The Kier molecular flexibility index (Phi) is 4.25. The number of hydrogen-bond donors (Lipinski definition) is 2. The predicted molar refractivity (Wildman–Crippen MR) is 76.7 cm³/mol. The van der Waals surface area contributed by atoms with Crippen LogP contribution in [0.1, 0.15) is 64.7 Å². The van der Waals surface area contributed by atoms with Crippen molar-refractivity contribution in [3.8, 4) is 0 Å². The maximum atomic E-state index is 3.96. The van der Waals surface area contributed by atoms with E-state index in [1.807, 2.05) is 0 Å². The molecule has 0 bridgehead atoms. The van der Waals surface area contributed by atoms with Crippen LogP contribution in [0, 0.1) is 11.8 Å². The molecular weight excluding hydrogens is 220 g/mol. The first-order chi connectivity index (χ1) is 8.83. The molecule has 0 aromatic heterocycles. The molecule has 3 fully saturated rings. The number of hydrogen-bond acceptors (Lipinski definition) is 2. The molecular formula is C16H30N2. The lowest BCUT2D eigenvalue weighted by molar-refractivity contribution is 0.244. The van der Waals surface area contributed by atoms with Crippen molar-refractivity contribution < 1.29 is 0 Å². The molecule has 2 nitrogen and oxygen atoms in total. The van der Waals surface area contributed by atoms with Crippen molar-refractivity contribution in [2.75, 3.05) is 6.54 Å². The smallest absolute Gasteiger partial charge is 0.0113 e. The van der Waals surface area contributed by atoms with E-state index in [4.69, 9.17) is 0 Å². The average molecular weight is 250 g/mol. The molecule has 0 spiro atoms. The maximum Gasteiger partial charge on any atom is 0.0113 e. The summed E-state index contributed by atoms with van der Waals surface area (Å²) >= 11 is 0. The van der Waals surface area contributed by atoms with Gasteiger partial charge in [-0.2, -0.15) is 0 Å². The SMILES string of the molecule is CC(CC1CC1)NC1CCCC1C1CCCCN1. The van der Waals surface area contributed by atoms with Gasteiger partial charge < -0.3 is 10.6 Å². The molecule has 1 aliphatic heterocycles. The highest BCUT2D eigenvalue weighted by Crippen LogP contribution is 2.35. The van der Waals surface area contributed by atoms with E-state index < -0.39 is 0 Å². The van der Waals surface area contributed by atoms with E-state index in [0.717, 1.165) is 30.0 Å². The zero-order valence-corrected chi connectivity index (χ0v) is 12.0. The Bertz CT molecular complexity index is 256. The van der Waals surface area contributed by atoms with E-state index in [2.05, 4.69) is 17.6 Å². The summed E-state index contributed by atoms with van der Waals surface area (Å²) in [5, 5.41) is 7.73. The third kappa shape index (κ3) is 3.27. The molecule has 3 rings (SSSR count). The van der Waals surface area contributed by atoms with Crippen LogP contribution in [0.25, 0.3) is 0 Å². The molecule has 2 saturated carbocycles. The van der Waals surface area contributed by atoms with Gasteiger partial charge >= 0.3 is 0 Å². The molecule has 2 heteroatoms. The minimum absolute atomic E-state index is 0.742. The Labute approximate surface area is 112 Å². The maximum absolute atomic E-state index is 3.96. The Morgan fingerprint density at radius 3 is 2.67 bits per heavy atom. The normalized spacial score (nSPS) is 38.8. The number of piperidine rings is 1. The van der Waals surface area contributed by atoms with Gasteiger partial charge in [0.25, 0.3) is 0 Å². The van der Waals surface area contributed by atoms with Crippen molar-refractivity contribution >= 4 is 0 Å². The summed E-state index contributed by atoms with van der Waals surface area (Å²) in [7, 11) is 0. The topological polar surface area (TPSA) is 24.1 Å². The number of nitrogens with one attached hydrogen (secondary N) is 2. The lowest BCUT2D eigenvalue weighted by Crippen LogP contribution is -2.48. The molecule has 1 saturated heterocycles. The summed E-state index contributed by atoms with van der Waals surface area (Å²) in [4.78, 5) is 0. The molecule has 0 amide bonds. The van der Waals surface area contributed by atoms with Crippen molar-refractivity contribution in [3.63, 3.8) is 0 Å². The van der Waals surface area contributed by atoms with Crippen LogP contribution in [-0.2, 0) is 0 Å². The molecule has 18 heavy (non-hydrogen) atoms. The van der Waals surface area contributed by atoms with Gasteiger partial charge in [-0.25, -0.2) is 0 Å². The summed E-state index contributed by atoms with van der Waals surface area (Å²) in [6.45, 7) is 3.66. The summed E-state index contributed by atoms with van der Waals surface area (Å²) in [6.07, 6.45) is 13.0. The van der Waals surface area contributed by atoms with E-state index in [1.54, 1.807) is 0 Å². The van der Waals surface area contributed by atoms with Crippen LogP contribution in [0.15, 0.2) is 0 Å². The Morgan fingerprint density at radius 2 is 1.94 bits per heavy atom. The zero-order valence-electron chi connectivity index (χ0n) is 12.0. The van der Waals surface area contributed by atoms with Gasteiger partial charge in [0.1, 0.15) is 0 Å². The highest BCUT2D eigenvalue weighted by Gasteiger charge is 2.35. The first-order valence-electron chi connectivity index (χ1n) is 8.32. The van der Waals surface area contributed by atoms with Gasteiger partial charge in [-0.1, -0.05) is 25.7 Å².